The van der Waals surface area contributed by atoms with Crippen molar-refractivity contribution in [1.29, 1.82) is 0 Å². The number of hydrogen-bond donors (Lipinski definition) is 0. The van der Waals surface area contributed by atoms with Gasteiger partial charge in [-0.15, -0.1) is 0 Å². The summed E-state index contributed by atoms with van der Waals surface area (Å²) in [7, 11) is 1.45. The zero-order chi connectivity index (χ0) is 13.1. The van der Waals surface area contributed by atoms with Crippen molar-refractivity contribution in [1.82, 2.24) is 4.98 Å². The van der Waals surface area contributed by atoms with Crippen molar-refractivity contribution in [2.24, 2.45) is 0 Å². The Morgan fingerprint density at radius 1 is 1.17 bits per heavy atom. The molecule has 1 aromatic heterocycles. The largest absolute Gasteiger partial charge is 0.309 e. The van der Waals surface area contributed by atoms with Crippen LogP contribution in [0.25, 0.3) is 0 Å². The molecule has 0 atom stereocenters. The third-order valence-corrected chi connectivity index (χ3v) is 2.49. The van der Waals surface area contributed by atoms with Crippen molar-refractivity contribution in [2.75, 3.05) is 11.9 Å². The molecule has 1 amide bonds. The highest BCUT2D eigenvalue weighted by Crippen LogP contribution is 2.19. The third-order valence-electron chi connectivity index (χ3n) is 2.49. The van der Waals surface area contributed by atoms with Crippen molar-refractivity contribution in [3.8, 4) is 0 Å². The van der Waals surface area contributed by atoms with Crippen molar-refractivity contribution >= 4 is 11.6 Å². The average molecular weight is 248 g/mol. The minimum Gasteiger partial charge on any atom is -0.309 e. The van der Waals surface area contributed by atoms with E-state index in [9.17, 15) is 13.6 Å². The van der Waals surface area contributed by atoms with E-state index in [4.69, 9.17) is 0 Å². The Bertz CT molecular complexity index is 569. The van der Waals surface area contributed by atoms with Crippen LogP contribution in [0.4, 0.5) is 14.5 Å². The number of halogens is 2. The number of rotatable bonds is 2. The van der Waals surface area contributed by atoms with Crippen molar-refractivity contribution in [3.63, 3.8) is 0 Å². The van der Waals surface area contributed by atoms with Crippen LogP contribution in [0.1, 0.15) is 10.4 Å². The zero-order valence-electron chi connectivity index (χ0n) is 9.60. The number of nitrogens with zero attached hydrogens (tertiary/aromatic N) is 2. The first-order valence-corrected chi connectivity index (χ1v) is 5.24. The summed E-state index contributed by atoms with van der Waals surface area (Å²) in [4.78, 5) is 16.6. The second-order valence-electron chi connectivity index (χ2n) is 3.69. The molecular weight excluding hydrogens is 238 g/mol. The lowest BCUT2D eigenvalue weighted by Gasteiger charge is -2.17. The smallest absolute Gasteiger partial charge is 0.259 e. The van der Waals surface area contributed by atoms with Gasteiger partial charge in [0.15, 0.2) is 0 Å². The van der Waals surface area contributed by atoms with E-state index in [1.165, 1.54) is 31.3 Å². The SMILES string of the molecule is CN(C(=O)c1ccc(F)nc1)c1ccccc1F. The van der Waals surface area contributed by atoms with Gasteiger partial charge in [0.1, 0.15) is 5.82 Å². The molecule has 92 valence electrons. The molecule has 2 aromatic rings. The monoisotopic (exact) mass is 248 g/mol. The molecule has 2 rings (SSSR count). The average Bonchev–Trinajstić information content (AvgIpc) is 2.38. The van der Waals surface area contributed by atoms with Gasteiger partial charge in [-0.05, 0) is 24.3 Å². The van der Waals surface area contributed by atoms with Gasteiger partial charge in [0.2, 0.25) is 5.95 Å². The maximum Gasteiger partial charge on any atom is 0.259 e. The lowest BCUT2D eigenvalue weighted by molar-refractivity contribution is 0.0991. The van der Waals surface area contributed by atoms with Crippen molar-refractivity contribution < 1.29 is 13.6 Å². The van der Waals surface area contributed by atoms with Crippen LogP contribution in [-0.2, 0) is 0 Å². The number of para-hydroxylation sites is 1. The van der Waals surface area contributed by atoms with E-state index in [0.29, 0.717) is 0 Å². The van der Waals surface area contributed by atoms with Gasteiger partial charge in [-0.1, -0.05) is 12.1 Å². The van der Waals surface area contributed by atoms with E-state index < -0.39 is 17.7 Å². The fourth-order valence-corrected chi connectivity index (χ4v) is 1.53. The van der Waals surface area contributed by atoms with E-state index in [2.05, 4.69) is 4.98 Å². The van der Waals surface area contributed by atoms with Crippen LogP contribution < -0.4 is 4.90 Å². The Hall–Kier alpha value is -2.30. The van der Waals surface area contributed by atoms with Gasteiger partial charge >= 0.3 is 0 Å². The highest BCUT2D eigenvalue weighted by Gasteiger charge is 2.16. The minimum atomic E-state index is -0.667. The van der Waals surface area contributed by atoms with Gasteiger partial charge in [-0.2, -0.15) is 4.39 Å². The summed E-state index contributed by atoms with van der Waals surface area (Å²) in [5, 5.41) is 0. The molecule has 0 aliphatic rings. The number of pyridine rings is 1. The molecule has 0 unspecified atom stereocenters. The Morgan fingerprint density at radius 3 is 2.50 bits per heavy atom. The fourth-order valence-electron chi connectivity index (χ4n) is 1.53. The molecule has 0 radical (unpaired) electrons. The van der Waals surface area contributed by atoms with Crippen molar-refractivity contribution in [2.45, 2.75) is 0 Å². The molecule has 0 N–H and O–H groups in total. The minimum absolute atomic E-state index is 0.159. The lowest BCUT2D eigenvalue weighted by atomic mass is 10.2. The number of carbonyl (C=O) groups excluding carboxylic acids is 1. The van der Waals surface area contributed by atoms with E-state index in [0.717, 1.165) is 17.2 Å². The molecular formula is C13H10F2N2O. The summed E-state index contributed by atoms with van der Waals surface area (Å²) in [5.41, 5.74) is 0.356. The first-order valence-electron chi connectivity index (χ1n) is 5.24. The summed E-state index contributed by atoms with van der Waals surface area (Å²) < 4.78 is 26.2. The van der Waals surface area contributed by atoms with E-state index >= 15 is 0 Å². The number of amides is 1. The molecule has 3 nitrogen and oxygen atoms in total. The molecule has 18 heavy (non-hydrogen) atoms. The third kappa shape index (κ3) is 2.34. The Morgan fingerprint density at radius 2 is 1.89 bits per heavy atom. The number of benzene rings is 1. The summed E-state index contributed by atoms with van der Waals surface area (Å²) in [5.74, 6) is -1.61. The lowest BCUT2D eigenvalue weighted by Crippen LogP contribution is -2.27. The van der Waals surface area contributed by atoms with Gasteiger partial charge in [-0.25, -0.2) is 9.37 Å². The first-order chi connectivity index (χ1) is 8.59. The van der Waals surface area contributed by atoms with Crippen LogP contribution in [0.2, 0.25) is 0 Å². The van der Waals surface area contributed by atoms with Crippen LogP contribution in [0.3, 0.4) is 0 Å². The van der Waals surface area contributed by atoms with Crippen LogP contribution in [0.15, 0.2) is 42.6 Å². The maximum absolute atomic E-state index is 13.5. The number of aromatic nitrogens is 1. The van der Waals surface area contributed by atoms with Crippen molar-refractivity contribution in [3.05, 3.63) is 59.9 Å². The predicted octanol–water partition coefficient (Wildman–Crippen LogP) is 2.64. The van der Waals surface area contributed by atoms with E-state index in [1.54, 1.807) is 6.07 Å². The first kappa shape index (κ1) is 12.2. The maximum atomic E-state index is 13.5. The van der Waals surface area contributed by atoms with E-state index in [1.807, 2.05) is 0 Å². The van der Waals surface area contributed by atoms with Crippen LogP contribution in [-0.4, -0.2) is 17.9 Å². The molecule has 0 aliphatic carbocycles. The van der Waals surface area contributed by atoms with Crippen LogP contribution >= 0.6 is 0 Å². The zero-order valence-corrected chi connectivity index (χ0v) is 9.60. The molecule has 1 heterocycles. The van der Waals surface area contributed by atoms with Crippen LogP contribution in [0.5, 0.6) is 0 Å². The van der Waals surface area contributed by atoms with Crippen LogP contribution in [0, 0.1) is 11.8 Å². The van der Waals surface area contributed by atoms with Gasteiger partial charge in [0, 0.05) is 13.2 Å². The standard InChI is InChI=1S/C13H10F2N2O/c1-17(11-5-3-2-4-10(11)14)13(18)9-6-7-12(15)16-8-9/h2-8H,1H3. The highest BCUT2D eigenvalue weighted by molar-refractivity contribution is 6.05. The Balaban J connectivity index is 2.29. The van der Waals surface area contributed by atoms with Gasteiger partial charge in [0.25, 0.3) is 5.91 Å². The summed E-state index contributed by atoms with van der Waals surface area (Å²) in [6, 6.07) is 8.32. The van der Waals surface area contributed by atoms with E-state index in [-0.39, 0.29) is 11.3 Å². The molecule has 0 spiro atoms. The molecule has 5 heteroatoms. The Kier molecular flexibility index (Phi) is 3.32. The molecule has 0 aliphatic heterocycles. The second kappa shape index (κ2) is 4.91. The van der Waals surface area contributed by atoms with Gasteiger partial charge in [-0.3, -0.25) is 4.79 Å². The summed E-state index contributed by atoms with van der Waals surface area (Å²) >= 11 is 0. The summed E-state index contributed by atoms with van der Waals surface area (Å²) in [6.45, 7) is 0. The molecule has 1 aromatic carbocycles. The Labute approximate surface area is 103 Å². The number of anilines is 1. The quantitative estimate of drug-likeness (QED) is 0.765. The fraction of sp³-hybridized carbons (Fsp3) is 0.0769. The second-order valence-corrected chi connectivity index (χ2v) is 3.69. The topological polar surface area (TPSA) is 33.2 Å². The molecule has 0 fully saturated rings. The normalized spacial score (nSPS) is 10.2. The highest BCUT2D eigenvalue weighted by atomic mass is 19.1. The summed E-state index contributed by atoms with van der Waals surface area (Å²) in [6.07, 6.45) is 1.12. The predicted molar refractivity (Wildman–Crippen MR) is 63.3 cm³/mol. The van der Waals surface area contributed by atoms with Gasteiger partial charge < -0.3 is 4.90 Å². The molecule has 0 saturated heterocycles. The van der Waals surface area contributed by atoms with Gasteiger partial charge in [0.05, 0.1) is 11.3 Å². The molecule has 0 bridgehead atoms. The number of carbonyl (C=O) groups is 1. The molecule has 0 saturated carbocycles. The number of hydrogen-bond acceptors (Lipinski definition) is 2.